The number of ether oxygens (including phenoxy) is 2. The molecule has 3 aromatic rings. The van der Waals surface area contributed by atoms with Gasteiger partial charge in [-0.05, 0) is 93.5 Å². The number of aryl methyl sites for hydroxylation is 1. The molecule has 0 unspecified atom stereocenters. The van der Waals surface area contributed by atoms with Crippen molar-refractivity contribution in [3.63, 3.8) is 0 Å². The van der Waals surface area contributed by atoms with E-state index in [2.05, 4.69) is 38.6 Å². The largest absolute Gasteiger partial charge is 0.494 e. The molecule has 0 bridgehead atoms. The van der Waals surface area contributed by atoms with E-state index in [0.29, 0.717) is 24.5 Å². The number of esters is 1. The molecule has 0 saturated carbocycles. The highest BCUT2D eigenvalue weighted by atomic mass is 16.5. The molecule has 0 atom stereocenters. The van der Waals surface area contributed by atoms with Crippen LogP contribution in [0.4, 0.5) is 11.4 Å². The fourth-order valence-electron chi connectivity index (χ4n) is 3.11. The first kappa shape index (κ1) is 26.3. The lowest BCUT2D eigenvalue weighted by atomic mass is 10.1. The lowest BCUT2D eigenvalue weighted by Gasteiger charge is -2.07. The third-order valence-electron chi connectivity index (χ3n) is 5.11. The number of azo groups is 1. The Labute approximate surface area is 212 Å². The van der Waals surface area contributed by atoms with Gasteiger partial charge in [0.15, 0.2) is 0 Å². The Kier molecular flexibility index (Phi) is 10.4. The van der Waals surface area contributed by atoms with E-state index in [0.717, 1.165) is 53.9 Å². The first-order valence-electron chi connectivity index (χ1n) is 11.9. The molecule has 0 aliphatic rings. The second kappa shape index (κ2) is 14.2. The van der Waals surface area contributed by atoms with E-state index in [9.17, 15) is 4.79 Å². The molecule has 1 heterocycles. The number of carbonyl (C=O) groups is 1. The quantitative estimate of drug-likeness (QED) is 0.100. The number of carbonyl (C=O) groups excluding carboxylic acids is 1. The number of unbranched alkanes of at least 4 members (excludes halogenated alkanes) is 3. The van der Waals surface area contributed by atoms with Gasteiger partial charge in [0.25, 0.3) is 0 Å². The molecule has 3 rings (SSSR count). The van der Waals surface area contributed by atoms with Crippen molar-refractivity contribution in [2.45, 2.75) is 39.5 Å². The minimum absolute atomic E-state index is 0.324. The molecule has 7 heteroatoms. The van der Waals surface area contributed by atoms with E-state index in [-0.39, 0.29) is 5.97 Å². The van der Waals surface area contributed by atoms with Crippen molar-refractivity contribution >= 4 is 17.3 Å². The number of aromatic nitrogens is 2. The summed E-state index contributed by atoms with van der Waals surface area (Å²) in [5.41, 5.74) is 4.49. The Balaban J connectivity index is 1.39. The molecule has 36 heavy (non-hydrogen) atoms. The highest BCUT2D eigenvalue weighted by Crippen LogP contribution is 2.23. The van der Waals surface area contributed by atoms with E-state index < -0.39 is 0 Å². The minimum atomic E-state index is -0.324. The predicted octanol–water partition coefficient (Wildman–Crippen LogP) is 6.66. The summed E-state index contributed by atoms with van der Waals surface area (Å²) in [5, 5.41) is 8.65. The van der Waals surface area contributed by atoms with Crippen LogP contribution in [0.25, 0.3) is 0 Å². The maximum atomic E-state index is 11.3. The Hall–Kier alpha value is -4.31. The van der Waals surface area contributed by atoms with Gasteiger partial charge in [0.05, 0.1) is 30.8 Å². The molecule has 0 amide bonds. The molecule has 0 saturated heterocycles. The van der Waals surface area contributed by atoms with Crippen molar-refractivity contribution in [3.05, 3.63) is 90.0 Å². The van der Waals surface area contributed by atoms with Gasteiger partial charge >= 0.3 is 5.97 Å². The van der Waals surface area contributed by atoms with Crippen LogP contribution in [-0.2, 0) is 9.53 Å². The summed E-state index contributed by atoms with van der Waals surface area (Å²) in [6.07, 6.45) is 8.66. The Morgan fingerprint density at radius 3 is 2.36 bits per heavy atom. The summed E-state index contributed by atoms with van der Waals surface area (Å²) in [5.74, 6) is 6.60. The number of hydrogen-bond acceptors (Lipinski definition) is 7. The Bertz CT molecular complexity index is 1240. The van der Waals surface area contributed by atoms with Crippen LogP contribution in [-0.4, -0.2) is 29.2 Å². The normalized spacial score (nSPS) is 10.5. The van der Waals surface area contributed by atoms with Crippen molar-refractivity contribution in [3.8, 4) is 17.6 Å². The van der Waals surface area contributed by atoms with Crippen LogP contribution in [0.2, 0.25) is 0 Å². The van der Waals surface area contributed by atoms with Crippen LogP contribution >= 0.6 is 0 Å². The zero-order valence-corrected chi connectivity index (χ0v) is 20.7. The maximum Gasteiger partial charge on any atom is 0.333 e. The van der Waals surface area contributed by atoms with Gasteiger partial charge < -0.3 is 9.47 Å². The van der Waals surface area contributed by atoms with Crippen molar-refractivity contribution in [1.82, 2.24) is 9.97 Å². The lowest BCUT2D eigenvalue weighted by molar-refractivity contribution is -0.139. The van der Waals surface area contributed by atoms with Crippen molar-refractivity contribution in [2.75, 3.05) is 13.2 Å². The van der Waals surface area contributed by atoms with E-state index in [1.807, 2.05) is 49.4 Å². The summed E-state index contributed by atoms with van der Waals surface area (Å²) in [6.45, 7) is 8.27. The monoisotopic (exact) mass is 482 g/mol. The molecule has 0 aliphatic heterocycles. The summed E-state index contributed by atoms with van der Waals surface area (Å²) < 4.78 is 10.9. The molecular formula is C29H30N4O3. The molecule has 0 spiro atoms. The Morgan fingerprint density at radius 2 is 1.67 bits per heavy atom. The fourth-order valence-corrected chi connectivity index (χ4v) is 3.11. The third kappa shape index (κ3) is 9.15. The van der Waals surface area contributed by atoms with E-state index in [1.165, 1.54) is 0 Å². The molecule has 0 aliphatic carbocycles. The zero-order valence-electron chi connectivity index (χ0n) is 20.7. The molecule has 1 aromatic heterocycles. The number of benzene rings is 2. The van der Waals surface area contributed by atoms with Gasteiger partial charge in [0.1, 0.15) is 11.4 Å². The van der Waals surface area contributed by atoms with Crippen LogP contribution in [0.5, 0.6) is 5.75 Å². The van der Waals surface area contributed by atoms with Gasteiger partial charge in [0, 0.05) is 23.5 Å². The lowest BCUT2D eigenvalue weighted by Crippen LogP contribution is -2.06. The van der Waals surface area contributed by atoms with Crippen LogP contribution in [0, 0.1) is 18.8 Å². The van der Waals surface area contributed by atoms with E-state index >= 15 is 0 Å². The van der Waals surface area contributed by atoms with Crippen molar-refractivity contribution in [1.29, 1.82) is 0 Å². The molecule has 2 aromatic carbocycles. The molecule has 0 fully saturated rings. The first-order valence-corrected chi connectivity index (χ1v) is 11.9. The summed E-state index contributed by atoms with van der Waals surface area (Å²) in [4.78, 5) is 19.5. The average Bonchev–Trinajstić information content (AvgIpc) is 2.89. The van der Waals surface area contributed by atoms with Gasteiger partial charge in [-0.15, -0.1) is 0 Å². The van der Waals surface area contributed by atoms with E-state index in [4.69, 9.17) is 9.47 Å². The van der Waals surface area contributed by atoms with Gasteiger partial charge in [-0.25, -0.2) is 9.78 Å². The highest BCUT2D eigenvalue weighted by Gasteiger charge is 2.02. The summed E-state index contributed by atoms with van der Waals surface area (Å²) >= 11 is 0. The standard InChI is InChI=1S/C29H30N4O3/c1-22(2)29(34)36-19-7-5-4-6-18-35-28-14-12-25(13-15-28)32-33-26-10-8-24(23(3)20-26)9-11-27-21-30-16-17-31-27/h8,10,12-17,20-21H,1,4-7,18-19H2,2-3H3/b33-32+. The molecule has 0 N–H and O–H groups in total. The van der Waals surface area contributed by atoms with Crippen molar-refractivity contribution < 1.29 is 14.3 Å². The zero-order chi connectivity index (χ0) is 25.6. The number of rotatable bonds is 11. The molecule has 184 valence electrons. The van der Waals surface area contributed by atoms with Crippen LogP contribution in [0.1, 0.15) is 49.4 Å². The van der Waals surface area contributed by atoms with Gasteiger partial charge in [-0.3, -0.25) is 4.98 Å². The number of hydrogen-bond donors (Lipinski definition) is 0. The topological polar surface area (TPSA) is 86.0 Å². The minimum Gasteiger partial charge on any atom is -0.494 e. The van der Waals surface area contributed by atoms with Crippen molar-refractivity contribution in [2.24, 2.45) is 10.2 Å². The average molecular weight is 483 g/mol. The third-order valence-corrected chi connectivity index (χ3v) is 5.11. The van der Waals surface area contributed by atoms with Gasteiger partial charge in [0.2, 0.25) is 0 Å². The fraction of sp³-hybridized carbons (Fsp3) is 0.276. The second-order valence-electron chi connectivity index (χ2n) is 8.21. The predicted molar refractivity (Wildman–Crippen MR) is 140 cm³/mol. The first-order chi connectivity index (χ1) is 17.5. The van der Waals surface area contributed by atoms with Crippen LogP contribution < -0.4 is 4.74 Å². The molecule has 7 nitrogen and oxygen atoms in total. The second-order valence-corrected chi connectivity index (χ2v) is 8.21. The van der Waals surface area contributed by atoms with Crippen LogP contribution in [0.3, 0.4) is 0 Å². The number of nitrogens with zero attached hydrogens (tertiary/aromatic N) is 4. The summed E-state index contributed by atoms with van der Waals surface area (Å²) in [6, 6.07) is 13.3. The summed E-state index contributed by atoms with van der Waals surface area (Å²) in [7, 11) is 0. The highest BCUT2D eigenvalue weighted by molar-refractivity contribution is 5.86. The van der Waals surface area contributed by atoms with Crippen LogP contribution in [0.15, 0.2) is 83.4 Å². The molecular weight excluding hydrogens is 452 g/mol. The van der Waals surface area contributed by atoms with Gasteiger partial charge in [-0.1, -0.05) is 12.5 Å². The van der Waals surface area contributed by atoms with E-state index in [1.54, 1.807) is 25.5 Å². The molecule has 0 radical (unpaired) electrons. The maximum absolute atomic E-state index is 11.3. The smallest absolute Gasteiger partial charge is 0.333 e. The van der Waals surface area contributed by atoms with Gasteiger partial charge in [-0.2, -0.15) is 10.2 Å². The Morgan fingerprint density at radius 1 is 0.944 bits per heavy atom. The SMILES string of the molecule is C=C(C)C(=O)OCCCCCCOc1ccc(/N=N/c2ccc(C#Cc3cnccn3)c(C)c2)cc1.